The molecule has 0 saturated carbocycles. The molecule has 3 heteroatoms. The first-order valence-corrected chi connectivity index (χ1v) is 6.06. The zero-order valence-corrected chi connectivity index (χ0v) is 10.5. The van der Waals surface area contributed by atoms with E-state index in [1.165, 1.54) is 18.5 Å². The lowest BCUT2D eigenvalue weighted by atomic mass is 10.2. The summed E-state index contributed by atoms with van der Waals surface area (Å²) in [6.07, 6.45) is 2.58. The molecule has 1 fully saturated rings. The molecule has 14 heavy (non-hydrogen) atoms. The molecule has 1 aliphatic rings. The number of rotatable bonds is 1. The van der Waals surface area contributed by atoms with E-state index in [0.717, 1.165) is 28.1 Å². The Morgan fingerprint density at radius 3 is 2.57 bits per heavy atom. The van der Waals surface area contributed by atoms with Crippen LogP contribution in [0.3, 0.4) is 0 Å². The minimum atomic E-state index is 0.857. The summed E-state index contributed by atoms with van der Waals surface area (Å²) in [4.78, 5) is 2.38. The van der Waals surface area contributed by atoms with Gasteiger partial charge in [-0.05, 0) is 53.4 Å². The highest BCUT2D eigenvalue weighted by atomic mass is 79.9. The molecule has 0 N–H and O–H groups in total. The van der Waals surface area contributed by atoms with E-state index in [9.17, 15) is 0 Å². The van der Waals surface area contributed by atoms with Gasteiger partial charge in [-0.1, -0.05) is 11.6 Å². The molecule has 0 atom stereocenters. The molecular weight excluding hydrogens is 261 g/mol. The first kappa shape index (κ1) is 10.3. The zero-order chi connectivity index (χ0) is 10.1. The van der Waals surface area contributed by atoms with Gasteiger partial charge >= 0.3 is 0 Å². The third kappa shape index (κ3) is 1.91. The van der Waals surface area contributed by atoms with Gasteiger partial charge in [0.05, 0.1) is 5.69 Å². The van der Waals surface area contributed by atoms with Crippen LogP contribution in [0.4, 0.5) is 5.69 Å². The summed E-state index contributed by atoms with van der Waals surface area (Å²) >= 11 is 9.71. The van der Waals surface area contributed by atoms with Crippen molar-refractivity contribution in [3.8, 4) is 0 Å². The molecule has 0 aromatic heterocycles. The molecule has 0 bridgehead atoms. The van der Waals surface area contributed by atoms with Crippen LogP contribution >= 0.6 is 27.5 Å². The van der Waals surface area contributed by atoms with E-state index in [-0.39, 0.29) is 0 Å². The van der Waals surface area contributed by atoms with Crippen molar-refractivity contribution in [2.75, 3.05) is 18.0 Å². The Hall–Kier alpha value is -0.210. The zero-order valence-electron chi connectivity index (χ0n) is 8.19. The molecule has 1 nitrogen and oxygen atoms in total. The molecule has 0 radical (unpaired) electrons. The van der Waals surface area contributed by atoms with Gasteiger partial charge in [0, 0.05) is 22.6 Å². The molecule has 1 aliphatic heterocycles. The van der Waals surface area contributed by atoms with Gasteiger partial charge in [0.25, 0.3) is 0 Å². The Balaban J connectivity index is 2.37. The van der Waals surface area contributed by atoms with Gasteiger partial charge in [0.2, 0.25) is 0 Å². The summed E-state index contributed by atoms with van der Waals surface area (Å²) in [6.45, 7) is 4.33. The van der Waals surface area contributed by atoms with Crippen LogP contribution in [-0.4, -0.2) is 13.1 Å². The first-order valence-electron chi connectivity index (χ1n) is 4.89. The number of hydrogen-bond donors (Lipinski definition) is 0. The topological polar surface area (TPSA) is 3.24 Å². The Kier molecular flexibility index (Phi) is 3.03. The molecule has 0 aliphatic carbocycles. The Labute approximate surface area is 98.2 Å². The maximum absolute atomic E-state index is 6.12. The molecule has 1 heterocycles. The monoisotopic (exact) mass is 273 g/mol. The third-order valence-electron chi connectivity index (χ3n) is 2.67. The SMILES string of the molecule is Cc1cc(Br)c(N2CCCC2)cc1Cl. The maximum atomic E-state index is 6.12. The van der Waals surface area contributed by atoms with Crippen LogP contribution in [0, 0.1) is 6.92 Å². The predicted molar refractivity (Wildman–Crippen MR) is 65.3 cm³/mol. The van der Waals surface area contributed by atoms with E-state index in [1.807, 2.05) is 6.92 Å². The van der Waals surface area contributed by atoms with Gasteiger partial charge in [0.15, 0.2) is 0 Å². The maximum Gasteiger partial charge on any atom is 0.0525 e. The summed E-state index contributed by atoms with van der Waals surface area (Å²) in [7, 11) is 0. The van der Waals surface area contributed by atoms with E-state index in [1.54, 1.807) is 0 Å². The summed E-state index contributed by atoms with van der Waals surface area (Å²) < 4.78 is 1.15. The lowest BCUT2D eigenvalue weighted by Crippen LogP contribution is -2.18. The van der Waals surface area contributed by atoms with E-state index in [4.69, 9.17) is 11.6 Å². The minimum absolute atomic E-state index is 0.857. The van der Waals surface area contributed by atoms with Gasteiger partial charge < -0.3 is 4.90 Å². The van der Waals surface area contributed by atoms with Gasteiger partial charge in [-0.3, -0.25) is 0 Å². The number of nitrogens with zero attached hydrogens (tertiary/aromatic N) is 1. The molecule has 1 aromatic rings. The van der Waals surface area contributed by atoms with Gasteiger partial charge in [-0.2, -0.15) is 0 Å². The van der Waals surface area contributed by atoms with Crippen LogP contribution in [0.5, 0.6) is 0 Å². The van der Waals surface area contributed by atoms with Crippen LogP contribution in [0.15, 0.2) is 16.6 Å². The fraction of sp³-hybridized carbons (Fsp3) is 0.455. The van der Waals surface area contributed by atoms with Crippen LogP contribution in [0.25, 0.3) is 0 Å². The number of aryl methyl sites for hydroxylation is 1. The van der Waals surface area contributed by atoms with E-state index in [2.05, 4.69) is 33.0 Å². The number of halogens is 2. The first-order chi connectivity index (χ1) is 6.68. The van der Waals surface area contributed by atoms with Crippen LogP contribution < -0.4 is 4.90 Å². The predicted octanol–water partition coefficient (Wildman–Crippen LogP) is 4.01. The average molecular weight is 275 g/mol. The molecule has 76 valence electrons. The van der Waals surface area contributed by atoms with Crippen molar-refractivity contribution in [3.63, 3.8) is 0 Å². The molecule has 0 spiro atoms. The van der Waals surface area contributed by atoms with Crippen molar-refractivity contribution in [1.82, 2.24) is 0 Å². The third-order valence-corrected chi connectivity index (χ3v) is 3.72. The number of hydrogen-bond acceptors (Lipinski definition) is 1. The van der Waals surface area contributed by atoms with E-state index in [0.29, 0.717) is 0 Å². The fourth-order valence-electron chi connectivity index (χ4n) is 1.84. The molecule has 0 unspecified atom stereocenters. The minimum Gasteiger partial charge on any atom is -0.371 e. The standard InChI is InChI=1S/C11H13BrClN/c1-8-6-9(12)11(7-10(8)13)14-4-2-3-5-14/h6-7H,2-5H2,1H3. The van der Waals surface area contributed by atoms with E-state index < -0.39 is 0 Å². The number of anilines is 1. The smallest absolute Gasteiger partial charge is 0.0525 e. The van der Waals surface area contributed by atoms with Gasteiger partial charge in [-0.25, -0.2) is 0 Å². The lowest BCUT2D eigenvalue weighted by molar-refractivity contribution is 0.949. The molecular formula is C11H13BrClN. The van der Waals surface area contributed by atoms with Crippen molar-refractivity contribution in [2.45, 2.75) is 19.8 Å². The Bertz CT molecular complexity index is 345. The Morgan fingerprint density at radius 1 is 1.29 bits per heavy atom. The van der Waals surface area contributed by atoms with Crippen LogP contribution in [-0.2, 0) is 0 Å². The van der Waals surface area contributed by atoms with E-state index >= 15 is 0 Å². The van der Waals surface area contributed by atoms with Crippen molar-refractivity contribution in [3.05, 3.63) is 27.2 Å². The van der Waals surface area contributed by atoms with Gasteiger partial charge in [0.1, 0.15) is 0 Å². The summed E-state index contributed by atoms with van der Waals surface area (Å²) in [5, 5.41) is 0.857. The largest absolute Gasteiger partial charge is 0.371 e. The van der Waals surface area contributed by atoms with Crippen molar-refractivity contribution < 1.29 is 0 Å². The Morgan fingerprint density at radius 2 is 1.93 bits per heavy atom. The molecule has 1 aromatic carbocycles. The summed E-state index contributed by atoms with van der Waals surface area (Å²) in [5.74, 6) is 0. The van der Waals surface area contributed by atoms with Crippen molar-refractivity contribution in [2.24, 2.45) is 0 Å². The molecule has 1 saturated heterocycles. The average Bonchev–Trinajstić information content (AvgIpc) is 2.64. The summed E-state index contributed by atoms with van der Waals surface area (Å²) in [6, 6.07) is 4.16. The molecule has 0 amide bonds. The highest BCUT2D eigenvalue weighted by Gasteiger charge is 2.15. The van der Waals surface area contributed by atoms with Crippen LogP contribution in [0.2, 0.25) is 5.02 Å². The van der Waals surface area contributed by atoms with Crippen LogP contribution in [0.1, 0.15) is 18.4 Å². The summed E-state index contributed by atoms with van der Waals surface area (Å²) in [5.41, 5.74) is 2.36. The quantitative estimate of drug-likeness (QED) is 0.748. The van der Waals surface area contributed by atoms with Crippen molar-refractivity contribution in [1.29, 1.82) is 0 Å². The van der Waals surface area contributed by atoms with Gasteiger partial charge in [-0.15, -0.1) is 0 Å². The second kappa shape index (κ2) is 4.11. The lowest BCUT2D eigenvalue weighted by Gasteiger charge is -2.20. The highest BCUT2D eigenvalue weighted by Crippen LogP contribution is 2.33. The second-order valence-electron chi connectivity index (χ2n) is 3.75. The fourth-order valence-corrected chi connectivity index (χ4v) is 2.70. The molecule has 2 rings (SSSR count). The normalized spacial score (nSPS) is 16.4. The second-order valence-corrected chi connectivity index (χ2v) is 5.01. The van der Waals surface area contributed by atoms with Crippen molar-refractivity contribution >= 4 is 33.2 Å². The highest BCUT2D eigenvalue weighted by molar-refractivity contribution is 9.10. The number of benzene rings is 1.